The fourth-order valence-corrected chi connectivity index (χ4v) is 5.07. The van der Waals surface area contributed by atoms with Gasteiger partial charge in [-0.25, -0.2) is 8.42 Å². The number of hydrogen-bond donors (Lipinski definition) is 1. The Morgan fingerprint density at radius 3 is 2.63 bits per heavy atom. The molecule has 0 atom stereocenters. The topological polar surface area (TPSA) is 83.9 Å². The minimum Gasteiger partial charge on any atom is -0.480 e. The van der Waals surface area contributed by atoms with Crippen molar-refractivity contribution in [3.63, 3.8) is 0 Å². The van der Waals surface area contributed by atoms with Crippen LogP contribution in [0.2, 0.25) is 0 Å². The maximum atomic E-state index is 12.3. The van der Waals surface area contributed by atoms with E-state index in [1.165, 1.54) is 13.2 Å². The lowest BCUT2D eigenvalue weighted by molar-refractivity contribution is -0.137. The van der Waals surface area contributed by atoms with Gasteiger partial charge in [0.2, 0.25) is 0 Å². The van der Waals surface area contributed by atoms with E-state index in [0.29, 0.717) is 3.79 Å². The van der Waals surface area contributed by atoms with E-state index in [1.807, 2.05) is 0 Å². The molecular formula is C10H14BrNO5S2. The third-order valence-electron chi connectivity index (χ3n) is 2.29. The van der Waals surface area contributed by atoms with E-state index in [-0.39, 0.29) is 17.4 Å². The number of ether oxygens (including phenoxy) is 1. The van der Waals surface area contributed by atoms with Crippen LogP contribution >= 0.6 is 27.3 Å². The lowest BCUT2D eigenvalue weighted by Crippen LogP contribution is -2.37. The zero-order chi connectivity index (χ0) is 14.6. The molecule has 0 aromatic carbocycles. The lowest BCUT2D eigenvalue weighted by atomic mass is 10.4. The molecule has 1 aromatic heterocycles. The van der Waals surface area contributed by atoms with Crippen molar-refractivity contribution in [1.29, 1.82) is 0 Å². The van der Waals surface area contributed by atoms with Crippen molar-refractivity contribution in [2.45, 2.75) is 11.1 Å². The second-order valence-corrected chi connectivity index (χ2v) is 8.28. The summed E-state index contributed by atoms with van der Waals surface area (Å²) in [6.45, 7) is 1.33. The highest BCUT2D eigenvalue weighted by Crippen LogP contribution is 2.32. The van der Waals surface area contributed by atoms with Gasteiger partial charge in [0.25, 0.3) is 10.0 Å². The summed E-state index contributed by atoms with van der Waals surface area (Å²) >= 11 is 4.32. The second-order valence-electron chi connectivity index (χ2n) is 3.75. The fraction of sp³-hybridized carbons (Fsp3) is 0.500. The van der Waals surface area contributed by atoms with E-state index in [1.54, 1.807) is 6.92 Å². The Balaban J connectivity index is 3.07. The highest BCUT2D eigenvalue weighted by molar-refractivity contribution is 9.11. The summed E-state index contributed by atoms with van der Waals surface area (Å²) in [5.41, 5.74) is 0.797. The number of nitrogens with zero attached hydrogens (tertiary/aromatic N) is 1. The minimum atomic E-state index is -3.81. The monoisotopic (exact) mass is 371 g/mol. The average molecular weight is 372 g/mol. The molecule has 108 valence electrons. The van der Waals surface area contributed by atoms with Gasteiger partial charge < -0.3 is 9.84 Å². The number of thiophene rings is 1. The molecule has 1 rings (SSSR count). The minimum absolute atomic E-state index is 0.000298. The number of carboxylic acid groups (broad SMARTS) is 1. The van der Waals surface area contributed by atoms with Gasteiger partial charge in [-0.05, 0) is 34.5 Å². The number of aryl methyl sites for hydroxylation is 1. The van der Waals surface area contributed by atoms with Gasteiger partial charge in [0.05, 0.1) is 10.4 Å². The molecule has 0 saturated heterocycles. The molecule has 0 amide bonds. The first-order valence-corrected chi connectivity index (χ1v) is 8.30. The summed E-state index contributed by atoms with van der Waals surface area (Å²) in [6.07, 6.45) is 0. The van der Waals surface area contributed by atoms with Gasteiger partial charge in [-0.2, -0.15) is 4.31 Å². The van der Waals surface area contributed by atoms with E-state index in [0.717, 1.165) is 21.2 Å². The summed E-state index contributed by atoms with van der Waals surface area (Å²) in [6, 6.07) is 1.52. The molecule has 0 bridgehead atoms. The molecule has 0 spiro atoms. The smallest absolute Gasteiger partial charge is 0.318 e. The van der Waals surface area contributed by atoms with E-state index in [9.17, 15) is 13.2 Å². The molecule has 9 heteroatoms. The van der Waals surface area contributed by atoms with Gasteiger partial charge in [-0.15, -0.1) is 11.3 Å². The van der Waals surface area contributed by atoms with Crippen LogP contribution in [0.1, 0.15) is 5.56 Å². The van der Waals surface area contributed by atoms with Crippen molar-refractivity contribution in [2.75, 3.05) is 26.8 Å². The third kappa shape index (κ3) is 4.25. The molecule has 0 aliphatic carbocycles. The van der Waals surface area contributed by atoms with Crippen LogP contribution in [0.5, 0.6) is 0 Å². The highest BCUT2D eigenvalue weighted by atomic mass is 79.9. The SMILES string of the molecule is COCCN(CC(=O)O)S(=O)(=O)c1cc(C)c(Br)s1. The molecule has 0 aliphatic heterocycles. The van der Waals surface area contributed by atoms with Gasteiger partial charge in [0.15, 0.2) is 0 Å². The van der Waals surface area contributed by atoms with Crippen molar-refractivity contribution >= 4 is 43.3 Å². The van der Waals surface area contributed by atoms with Crippen LogP contribution in [0, 0.1) is 6.92 Å². The van der Waals surface area contributed by atoms with Crippen molar-refractivity contribution in [3.8, 4) is 0 Å². The van der Waals surface area contributed by atoms with Crippen LogP contribution in [0.25, 0.3) is 0 Å². The number of methoxy groups -OCH3 is 1. The van der Waals surface area contributed by atoms with Crippen LogP contribution in [-0.4, -0.2) is 50.6 Å². The molecule has 0 saturated carbocycles. The molecule has 19 heavy (non-hydrogen) atoms. The molecule has 0 aliphatic rings. The molecule has 6 nitrogen and oxygen atoms in total. The predicted octanol–water partition coefficient (Wildman–Crippen LogP) is 1.54. The average Bonchev–Trinajstić information content (AvgIpc) is 2.65. The van der Waals surface area contributed by atoms with Crippen molar-refractivity contribution in [2.24, 2.45) is 0 Å². The van der Waals surface area contributed by atoms with E-state index in [2.05, 4.69) is 15.9 Å². The van der Waals surface area contributed by atoms with Crippen LogP contribution < -0.4 is 0 Å². The van der Waals surface area contributed by atoms with Crippen LogP contribution in [0.3, 0.4) is 0 Å². The van der Waals surface area contributed by atoms with Gasteiger partial charge in [-0.3, -0.25) is 4.79 Å². The first kappa shape index (κ1) is 16.6. The largest absolute Gasteiger partial charge is 0.480 e. The molecule has 1 aromatic rings. The lowest BCUT2D eigenvalue weighted by Gasteiger charge is -2.18. The number of rotatable bonds is 7. The molecule has 0 fully saturated rings. The zero-order valence-corrected chi connectivity index (χ0v) is 13.6. The normalized spacial score (nSPS) is 12.0. The number of carbonyl (C=O) groups is 1. The van der Waals surface area contributed by atoms with Crippen molar-refractivity contribution < 1.29 is 23.1 Å². The Labute approximate surface area is 124 Å². The summed E-state index contributed by atoms with van der Waals surface area (Å²) in [5.74, 6) is -1.20. The number of halogens is 1. The predicted molar refractivity (Wildman–Crippen MR) is 75.0 cm³/mol. The Hall–Kier alpha value is -0.480. The molecule has 1 heterocycles. The third-order valence-corrected chi connectivity index (χ3v) is 6.72. The Morgan fingerprint density at radius 1 is 1.58 bits per heavy atom. The Morgan fingerprint density at radius 2 is 2.21 bits per heavy atom. The van der Waals surface area contributed by atoms with Gasteiger partial charge in [-0.1, -0.05) is 0 Å². The first-order chi connectivity index (χ1) is 8.78. The van der Waals surface area contributed by atoms with Crippen LogP contribution in [-0.2, 0) is 19.6 Å². The van der Waals surface area contributed by atoms with Gasteiger partial charge in [0, 0.05) is 13.7 Å². The van der Waals surface area contributed by atoms with E-state index >= 15 is 0 Å². The highest BCUT2D eigenvalue weighted by Gasteiger charge is 2.28. The number of hydrogen-bond acceptors (Lipinski definition) is 5. The van der Waals surface area contributed by atoms with Crippen molar-refractivity contribution in [1.82, 2.24) is 4.31 Å². The fourth-order valence-electron chi connectivity index (χ4n) is 1.31. The molecule has 0 radical (unpaired) electrons. The van der Waals surface area contributed by atoms with Crippen LogP contribution in [0.15, 0.2) is 14.1 Å². The second kappa shape index (κ2) is 6.80. The molecular weight excluding hydrogens is 358 g/mol. The zero-order valence-electron chi connectivity index (χ0n) is 10.4. The Bertz CT molecular complexity index is 535. The summed E-state index contributed by atoms with van der Waals surface area (Å²) in [5, 5.41) is 8.80. The Kier molecular flexibility index (Phi) is 5.93. The van der Waals surface area contributed by atoms with E-state index in [4.69, 9.17) is 9.84 Å². The summed E-state index contributed by atoms with van der Waals surface area (Å²) in [7, 11) is -2.38. The number of carboxylic acids is 1. The summed E-state index contributed by atoms with van der Waals surface area (Å²) < 4.78 is 31.2. The molecule has 1 N–H and O–H groups in total. The van der Waals surface area contributed by atoms with Gasteiger partial charge in [0.1, 0.15) is 10.8 Å². The maximum absolute atomic E-state index is 12.3. The number of sulfonamides is 1. The van der Waals surface area contributed by atoms with Crippen LogP contribution in [0.4, 0.5) is 0 Å². The van der Waals surface area contributed by atoms with E-state index < -0.39 is 22.5 Å². The van der Waals surface area contributed by atoms with Crippen molar-refractivity contribution in [3.05, 3.63) is 15.4 Å². The summed E-state index contributed by atoms with van der Waals surface area (Å²) in [4.78, 5) is 10.8. The maximum Gasteiger partial charge on any atom is 0.318 e. The standard InChI is InChI=1S/C10H14BrNO5S2/c1-7-5-9(18-10(7)11)19(15,16)12(3-4-17-2)6-8(13)14/h5H,3-4,6H2,1-2H3,(H,13,14). The quantitative estimate of drug-likeness (QED) is 0.785. The number of aliphatic carboxylic acids is 1. The van der Waals surface area contributed by atoms with Gasteiger partial charge >= 0.3 is 5.97 Å². The first-order valence-electron chi connectivity index (χ1n) is 5.26. The molecule has 0 unspecified atom stereocenters.